The van der Waals surface area contributed by atoms with Crippen LogP contribution in [0.4, 0.5) is 5.95 Å². The van der Waals surface area contributed by atoms with Crippen LogP contribution in [0.2, 0.25) is 0 Å². The second-order valence-corrected chi connectivity index (χ2v) is 9.35. The van der Waals surface area contributed by atoms with Gasteiger partial charge < -0.3 is 14.5 Å². The molecule has 33 heavy (non-hydrogen) atoms. The van der Waals surface area contributed by atoms with Crippen molar-refractivity contribution >= 4 is 22.8 Å². The summed E-state index contributed by atoms with van der Waals surface area (Å²) in [5, 5.41) is 1.09. The first-order valence-corrected chi connectivity index (χ1v) is 12.0. The number of likely N-dealkylation sites (tertiary alicyclic amines) is 1. The Kier molecular flexibility index (Phi) is 5.92. The van der Waals surface area contributed by atoms with Gasteiger partial charge in [-0.25, -0.2) is 9.97 Å². The van der Waals surface area contributed by atoms with Crippen LogP contribution in [-0.2, 0) is 4.79 Å². The zero-order valence-electron chi connectivity index (χ0n) is 19.8. The number of aromatic nitrogens is 2. The molecule has 172 valence electrons. The van der Waals surface area contributed by atoms with Crippen molar-refractivity contribution in [3.63, 3.8) is 0 Å². The molecule has 5 rings (SSSR count). The fourth-order valence-electron chi connectivity index (χ4n) is 5.41. The lowest BCUT2D eigenvalue weighted by atomic mass is 9.95. The lowest BCUT2D eigenvalue weighted by Gasteiger charge is -2.36. The predicted molar refractivity (Wildman–Crippen MR) is 131 cm³/mol. The van der Waals surface area contributed by atoms with Crippen LogP contribution in [0.15, 0.2) is 42.5 Å². The van der Waals surface area contributed by atoms with E-state index < -0.39 is 0 Å². The molecule has 0 aliphatic carbocycles. The summed E-state index contributed by atoms with van der Waals surface area (Å²) in [5.74, 6) is 1.82. The minimum atomic E-state index is -0.0360. The standard InChI is InChI=1S/C27H32N4O2/c1-18-12-13-21-19(2)28-27(29-23(21)16-18)30-14-6-8-20(17-30)26(32)31-15-7-10-24(31)22-9-4-5-11-25(22)33-3/h4-5,9,11-13,16,20,24H,6-8,10,14-15,17H2,1-3H3/t20-,24-/m1/s1. The molecule has 2 aromatic carbocycles. The van der Waals surface area contributed by atoms with Crippen molar-refractivity contribution in [3.05, 3.63) is 59.3 Å². The number of para-hydroxylation sites is 1. The first kappa shape index (κ1) is 21.7. The summed E-state index contributed by atoms with van der Waals surface area (Å²) in [7, 11) is 1.70. The van der Waals surface area contributed by atoms with E-state index in [4.69, 9.17) is 14.7 Å². The molecule has 0 spiro atoms. The Bertz CT molecular complexity index is 1180. The van der Waals surface area contributed by atoms with Crippen LogP contribution in [0.1, 0.15) is 48.5 Å². The monoisotopic (exact) mass is 444 g/mol. The molecule has 2 saturated heterocycles. The Morgan fingerprint density at radius 1 is 1.03 bits per heavy atom. The summed E-state index contributed by atoms with van der Waals surface area (Å²) in [4.78, 5) is 27.7. The molecule has 2 fully saturated rings. The van der Waals surface area contributed by atoms with Crippen LogP contribution in [0, 0.1) is 19.8 Å². The van der Waals surface area contributed by atoms with Gasteiger partial charge >= 0.3 is 0 Å². The molecule has 6 nitrogen and oxygen atoms in total. The van der Waals surface area contributed by atoms with E-state index in [1.54, 1.807) is 7.11 Å². The quantitative estimate of drug-likeness (QED) is 0.577. The number of anilines is 1. The second-order valence-electron chi connectivity index (χ2n) is 9.35. The number of benzene rings is 2. The molecule has 1 amide bonds. The van der Waals surface area contributed by atoms with Crippen LogP contribution in [-0.4, -0.2) is 47.5 Å². The van der Waals surface area contributed by atoms with Crippen molar-refractivity contribution in [3.8, 4) is 5.75 Å². The maximum absolute atomic E-state index is 13.7. The molecule has 3 aromatic rings. The third-order valence-electron chi connectivity index (χ3n) is 7.12. The van der Waals surface area contributed by atoms with Crippen LogP contribution in [0.3, 0.4) is 0 Å². The van der Waals surface area contributed by atoms with Gasteiger partial charge in [0, 0.05) is 30.6 Å². The number of rotatable bonds is 4. The number of carbonyl (C=O) groups is 1. The van der Waals surface area contributed by atoms with Crippen molar-refractivity contribution in [2.24, 2.45) is 5.92 Å². The topological polar surface area (TPSA) is 58.6 Å². The highest BCUT2D eigenvalue weighted by molar-refractivity contribution is 5.83. The highest BCUT2D eigenvalue weighted by Crippen LogP contribution is 2.38. The SMILES string of the molecule is COc1ccccc1[C@H]1CCCN1C(=O)[C@@H]1CCCN(c2nc(C)c3ccc(C)cc3n2)C1. The van der Waals surface area contributed by atoms with Gasteiger partial charge in [0.2, 0.25) is 11.9 Å². The van der Waals surface area contributed by atoms with Gasteiger partial charge in [-0.15, -0.1) is 0 Å². The molecule has 2 aliphatic rings. The van der Waals surface area contributed by atoms with E-state index in [1.807, 2.05) is 25.1 Å². The normalized spacial score (nSPS) is 20.9. The number of methoxy groups -OCH3 is 1. The number of carbonyl (C=O) groups excluding carboxylic acids is 1. The van der Waals surface area contributed by atoms with E-state index in [0.717, 1.165) is 72.6 Å². The van der Waals surface area contributed by atoms with Gasteiger partial charge in [0.1, 0.15) is 5.75 Å². The first-order chi connectivity index (χ1) is 16.0. The maximum atomic E-state index is 13.7. The zero-order chi connectivity index (χ0) is 22.9. The van der Waals surface area contributed by atoms with Gasteiger partial charge in [-0.1, -0.05) is 30.3 Å². The second kappa shape index (κ2) is 9.00. The van der Waals surface area contributed by atoms with Gasteiger partial charge in [0.05, 0.1) is 30.3 Å². The molecule has 0 unspecified atom stereocenters. The third kappa shape index (κ3) is 4.14. The average Bonchev–Trinajstić information content (AvgIpc) is 3.33. The van der Waals surface area contributed by atoms with Gasteiger partial charge in [-0.2, -0.15) is 0 Å². The molecule has 3 heterocycles. The predicted octanol–water partition coefficient (Wildman–Crippen LogP) is 4.84. The van der Waals surface area contributed by atoms with E-state index in [-0.39, 0.29) is 17.9 Å². The summed E-state index contributed by atoms with van der Waals surface area (Å²) in [6.45, 7) is 6.49. The van der Waals surface area contributed by atoms with Crippen LogP contribution < -0.4 is 9.64 Å². The Morgan fingerprint density at radius 2 is 1.85 bits per heavy atom. The van der Waals surface area contributed by atoms with Gasteiger partial charge in [0.25, 0.3) is 0 Å². The number of amides is 1. The Balaban J connectivity index is 1.37. The lowest BCUT2D eigenvalue weighted by molar-refractivity contribution is -0.136. The summed E-state index contributed by atoms with van der Waals surface area (Å²) >= 11 is 0. The summed E-state index contributed by atoms with van der Waals surface area (Å²) in [6.07, 6.45) is 3.89. The van der Waals surface area contributed by atoms with Crippen molar-refractivity contribution < 1.29 is 9.53 Å². The number of ether oxygens (including phenoxy) is 1. The Labute approximate surface area is 195 Å². The largest absolute Gasteiger partial charge is 0.496 e. The molecular formula is C27H32N4O2. The summed E-state index contributed by atoms with van der Waals surface area (Å²) < 4.78 is 5.60. The molecular weight excluding hydrogens is 412 g/mol. The van der Waals surface area contributed by atoms with Crippen molar-refractivity contribution in [1.29, 1.82) is 0 Å². The first-order valence-electron chi connectivity index (χ1n) is 12.0. The Hall–Kier alpha value is -3.15. The molecule has 1 aromatic heterocycles. The molecule has 0 radical (unpaired) electrons. The maximum Gasteiger partial charge on any atom is 0.227 e. The number of piperidine rings is 1. The van der Waals surface area contributed by atoms with Gasteiger partial charge in [-0.05, 0) is 57.2 Å². The smallest absolute Gasteiger partial charge is 0.227 e. The lowest BCUT2D eigenvalue weighted by Crippen LogP contribution is -2.45. The number of hydrogen-bond acceptors (Lipinski definition) is 5. The van der Waals surface area contributed by atoms with E-state index in [1.165, 1.54) is 5.56 Å². The average molecular weight is 445 g/mol. The highest BCUT2D eigenvalue weighted by atomic mass is 16.5. The minimum absolute atomic E-state index is 0.0360. The number of aryl methyl sites for hydroxylation is 2. The molecule has 6 heteroatoms. The fraction of sp³-hybridized carbons (Fsp3) is 0.444. The molecule has 0 bridgehead atoms. The molecule has 2 aliphatic heterocycles. The van der Waals surface area contributed by atoms with E-state index >= 15 is 0 Å². The van der Waals surface area contributed by atoms with E-state index in [9.17, 15) is 4.79 Å². The number of nitrogens with zero attached hydrogens (tertiary/aromatic N) is 4. The van der Waals surface area contributed by atoms with E-state index in [0.29, 0.717) is 6.54 Å². The van der Waals surface area contributed by atoms with Gasteiger partial charge in [0.15, 0.2) is 0 Å². The number of hydrogen-bond donors (Lipinski definition) is 0. The van der Waals surface area contributed by atoms with Crippen LogP contribution >= 0.6 is 0 Å². The number of fused-ring (bicyclic) bond motifs is 1. The highest BCUT2D eigenvalue weighted by Gasteiger charge is 2.37. The third-order valence-corrected chi connectivity index (χ3v) is 7.12. The Morgan fingerprint density at radius 3 is 2.70 bits per heavy atom. The molecule has 0 N–H and O–H groups in total. The van der Waals surface area contributed by atoms with Crippen molar-refractivity contribution in [2.75, 3.05) is 31.6 Å². The zero-order valence-corrected chi connectivity index (χ0v) is 19.8. The summed E-state index contributed by atoms with van der Waals surface area (Å²) in [5.41, 5.74) is 4.26. The summed E-state index contributed by atoms with van der Waals surface area (Å²) in [6, 6.07) is 14.5. The van der Waals surface area contributed by atoms with Gasteiger partial charge in [-0.3, -0.25) is 4.79 Å². The molecule has 2 atom stereocenters. The van der Waals surface area contributed by atoms with Crippen LogP contribution in [0.25, 0.3) is 10.9 Å². The fourth-order valence-corrected chi connectivity index (χ4v) is 5.41. The van der Waals surface area contributed by atoms with Crippen molar-refractivity contribution in [1.82, 2.24) is 14.9 Å². The minimum Gasteiger partial charge on any atom is -0.496 e. The van der Waals surface area contributed by atoms with Crippen LogP contribution in [0.5, 0.6) is 5.75 Å². The van der Waals surface area contributed by atoms with Crippen molar-refractivity contribution in [2.45, 2.75) is 45.6 Å². The van der Waals surface area contributed by atoms with E-state index in [2.05, 4.69) is 41.0 Å². The molecule has 0 saturated carbocycles.